The van der Waals surface area contributed by atoms with Crippen molar-refractivity contribution in [2.75, 3.05) is 19.9 Å². The van der Waals surface area contributed by atoms with Crippen molar-refractivity contribution >= 4 is 35.0 Å². The van der Waals surface area contributed by atoms with Crippen molar-refractivity contribution in [3.05, 3.63) is 17.5 Å². The molecule has 4 nitrogen and oxygen atoms in total. The molecule has 1 heterocycles. The second-order valence-electron chi connectivity index (χ2n) is 3.41. The van der Waals surface area contributed by atoms with Crippen LogP contribution in [0.2, 0.25) is 0 Å². The van der Waals surface area contributed by atoms with Crippen LogP contribution in [-0.4, -0.2) is 42.7 Å². The standard InChI is InChI=1S/C11H15NO3S2/c1-8(13)12(2)9(11(14)15-3)7-17-10-5-4-6-16-10/h4-6,9H,7H2,1-3H3/t9-/m0/s1. The SMILES string of the molecule is COC(=O)[C@H](CSc1cccs1)N(C)C(C)=O. The lowest BCUT2D eigenvalue weighted by Crippen LogP contribution is -2.43. The van der Waals surface area contributed by atoms with Crippen LogP contribution >= 0.6 is 23.1 Å². The van der Waals surface area contributed by atoms with Gasteiger partial charge in [-0.1, -0.05) is 6.07 Å². The van der Waals surface area contributed by atoms with Gasteiger partial charge in [0.1, 0.15) is 6.04 Å². The molecule has 1 amide bonds. The first-order chi connectivity index (χ1) is 8.06. The summed E-state index contributed by atoms with van der Waals surface area (Å²) < 4.78 is 5.83. The number of esters is 1. The topological polar surface area (TPSA) is 46.6 Å². The number of carbonyl (C=O) groups is 2. The van der Waals surface area contributed by atoms with E-state index in [0.717, 1.165) is 4.21 Å². The Morgan fingerprint density at radius 3 is 2.76 bits per heavy atom. The lowest BCUT2D eigenvalue weighted by Gasteiger charge is -2.24. The number of nitrogens with zero attached hydrogens (tertiary/aromatic N) is 1. The van der Waals surface area contributed by atoms with E-state index in [1.54, 1.807) is 30.1 Å². The summed E-state index contributed by atoms with van der Waals surface area (Å²) in [6.07, 6.45) is 0. The number of hydrogen-bond donors (Lipinski definition) is 0. The van der Waals surface area contributed by atoms with Gasteiger partial charge in [-0.05, 0) is 11.4 Å². The van der Waals surface area contributed by atoms with E-state index in [0.29, 0.717) is 5.75 Å². The summed E-state index contributed by atoms with van der Waals surface area (Å²) in [7, 11) is 2.94. The van der Waals surface area contributed by atoms with E-state index in [9.17, 15) is 9.59 Å². The molecule has 0 N–H and O–H groups in total. The molecule has 0 saturated heterocycles. The van der Waals surface area contributed by atoms with Crippen LogP contribution in [0.5, 0.6) is 0 Å². The van der Waals surface area contributed by atoms with Crippen LogP contribution in [0.25, 0.3) is 0 Å². The number of thiophene rings is 1. The lowest BCUT2D eigenvalue weighted by molar-refractivity contribution is -0.150. The summed E-state index contributed by atoms with van der Waals surface area (Å²) in [5.41, 5.74) is 0. The van der Waals surface area contributed by atoms with Gasteiger partial charge in [-0.25, -0.2) is 4.79 Å². The quantitative estimate of drug-likeness (QED) is 0.607. The lowest BCUT2D eigenvalue weighted by atomic mass is 10.3. The molecule has 0 saturated carbocycles. The summed E-state index contributed by atoms with van der Waals surface area (Å²) in [6.45, 7) is 1.44. The molecule has 1 rings (SSSR count). The normalized spacial score (nSPS) is 11.9. The molecule has 0 spiro atoms. The number of methoxy groups -OCH3 is 1. The summed E-state index contributed by atoms with van der Waals surface area (Å²) in [6, 6.07) is 3.40. The maximum absolute atomic E-state index is 11.6. The Morgan fingerprint density at radius 2 is 2.29 bits per heavy atom. The molecule has 0 aliphatic carbocycles. The zero-order valence-corrected chi connectivity index (χ0v) is 11.6. The summed E-state index contributed by atoms with van der Waals surface area (Å²) in [4.78, 5) is 24.3. The average Bonchev–Trinajstić information content (AvgIpc) is 2.81. The molecular weight excluding hydrogens is 258 g/mol. The van der Waals surface area contributed by atoms with Gasteiger partial charge in [-0.2, -0.15) is 0 Å². The molecule has 94 valence electrons. The maximum atomic E-state index is 11.6. The van der Waals surface area contributed by atoms with Gasteiger partial charge in [-0.15, -0.1) is 23.1 Å². The van der Waals surface area contributed by atoms with Crippen LogP contribution in [0.1, 0.15) is 6.92 Å². The highest BCUT2D eigenvalue weighted by Gasteiger charge is 2.26. The molecule has 0 radical (unpaired) electrons. The van der Waals surface area contributed by atoms with E-state index < -0.39 is 6.04 Å². The van der Waals surface area contributed by atoms with Crippen LogP contribution in [-0.2, 0) is 14.3 Å². The third-order valence-corrected chi connectivity index (χ3v) is 4.52. The van der Waals surface area contributed by atoms with Gasteiger partial charge in [-0.3, -0.25) is 4.79 Å². The number of hydrogen-bond acceptors (Lipinski definition) is 5. The number of rotatable bonds is 5. The molecule has 17 heavy (non-hydrogen) atoms. The maximum Gasteiger partial charge on any atom is 0.329 e. The molecule has 1 aromatic rings. The van der Waals surface area contributed by atoms with E-state index in [1.165, 1.54) is 18.9 Å². The highest BCUT2D eigenvalue weighted by Crippen LogP contribution is 2.25. The smallest absolute Gasteiger partial charge is 0.329 e. The van der Waals surface area contributed by atoms with Gasteiger partial charge >= 0.3 is 5.97 Å². The van der Waals surface area contributed by atoms with E-state index in [4.69, 9.17) is 4.74 Å². The highest BCUT2D eigenvalue weighted by molar-refractivity contribution is 8.01. The molecule has 0 fully saturated rings. The fourth-order valence-corrected chi connectivity index (χ4v) is 3.15. The molecule has 0 aromatic carbocycles. The Labute approximate surface area is 109 Å². The third-order valence-electron chi connectivity index (χ3n) is 2.32. The van der Waals surface area contributed by atoms with Crippen molar-refractivity contribution < 1.29 is 14.3 Å². The van der Waals surface area contributed by atoms with Crippen molar-refractivity contribution in [3.8, 4) is 0 Å². The minimum atomic E-state index is -0.537. The van der Waals surface area contributed by atoms with Crippen molar-refractivity contribution in [2.24, 2.45) is 0 Å². The van der Waals surface area contributed by atoms with Crippen LogP contribution in [0.15, 0.2) is 21.7 Å². The van der Waals surface area contributed by atoms with Crippen molar-refractivity contribution in [1.82, 2.24) is 4.90 Å². The fraction of sp³-hybridized carbons (Fsp3) is 0.455. The number of amides is 1. The number of thioether (sulfide) groups is 1. The Balaban J connectivity index is 2.64. The van der Waals surface area contributed by atoms with E-state index in [1.807, 2.05) is 17.5 Å². The molecule has 1 atom stereocenters. The Bertz CT molecular complexity index is 378. The Morgan fingerprint density at radius 1 is 1.59 bits per heavy atom. The van der Waals surface area contributed by atoms with Gasteiger partial charge in [0.2, 0.25) is 5.91 Å². The molecule has 1 aromatic heterocycles. The van der Waals surface area contributed by atoms with Gasteiger partial charge in [0.05, 0.1) is 11.3 Å². The summed E-state index contributed by atoms with van der Waals surface area (Å²) >= 11 is 3.16. The van der Waals surface area contributed by atoms with Crippen molar-refractivity contribution in [3.63, 3.8) is 0 Å². The molecule has 0 unspecified atom stereocenters. The average molecular weight is 273 g/mol. The third kappa shape index (κ3) is 4.05. The predicted octanol–water partition coefficient (Wildman–Crippen LogP) is 1.86. The minimum Gasteiger partial charge on any atom is -0.467 e. The van der Waals surface area contributed by atoms with Gasteiger partial charge in [0, 0.05) is 19.7 Å². The first-order valence-corrected chi connectivity index (χ1v) is 6.90. The first-order valence-electron chi connectivity index (χ1n) is 5.03. The van der Waals surface area contributed by atoms with Crippen LogP contribution in [0, 0.1) is 0 Å². The predicted molar refractivity (Wildman–Crippen MR) is 69.3 cm³/mol. The second kappa shape index (κ2) is 6.66. The van der Waals surface area contributed by atoms with Crippen molar-refractivity contribution in [2.45, 2.75) is 17.2 Å². The van der Waals surface area contributed by atoms with Crippen LogP contribution < -0.4 is 0 Å². The molecule has 6 heteroatoms. The van der Waals surface area contributed by atoms with Gasteiger partial charge in [0.15, 0.2) is 0 Å². The van der Waals surface area contributed by atoms with E-state index in [-0.39, 0.29) is 11.9 Å². The van der Waals surface area contributed by atoms with Crippen LogP contribution in [0.3, 0.4) is 0 Å². The number of likely N-dealkylation sites (N-methyl/N-ethyl adjacent to an activating group) is 1. The molecule has 0 aliphatic heterocycles. The van der Waals surface area contributed by atoms with Gasteiger partial charge in [0.25, 0.3) is 0 Å². The molecule has 0 bridgehead atoms. The first kappa shape index (κ1) is 14.1. The molecular formula is C11H15NO3S2. The summed E-state index contributed by atoms with van der Waals surface area (Å²) in [5.74, 6) is -0.0255. The van der Waals surface area contributed by atoms with E-state index >= 15 is 0 Å². The fourth-order valence-electron chi connectivity index (χ4n) is 1.20. The van der Waals surface area contributed by atoms with Gasteiger partial charge < -0.3 is 9.64 Å². The number of ether oxygens (including phenoxy) is 1. The van der Waals surface area contributed by atoms with Crippen molar-refractivity contribution in [1.29, 1.82) is 0 Å². The molecule has 0 aliphatic rings. The van der Waals surface area contributed by atoms with Crippen LogP contribution in [0.4, 0.5) is 0 Å². The Kier molecular flexibility index (Phi) is 5.50. The minimum absolute atomic E-state index is 0.146. The van der Waals surface area contributed by atoms with E-state index in [2.05, 4.69) is 0 Å². The highest BCUT2D eigenvalue weighted by atomic mass is 32.2. The zero-order valence-electron chi connectivity index (χ0n) is 10.0. The summed E-state index contributed by atoms with van der Waals surface area (Å²) in [5, 5.41) is 1.98. The zero-order chi connectivity index (χ0) is 12.8. The second-order valence-corrected chi connectivity index (χ2v) is 5.68. The largest absolute Gasteiger partial charge is 0.467 e. The number of carbonyl (C=O) groups excluding carboxylic acids is 2. The monoisotopic (exact) mass is 273 g/mol. The Hall–Kier alpha value is -1.01.